The number of rotatable bonds is 4. The zero-order chi connectivity index (χ0) is 10.7. The second-order valence-electron chi connectivity index (χ2n) is 3.31. The number of halogens is 1. The van der Waals surface area contributed by atoms with E-state index in [1.165, 1.54) is 10.4 Å². The molecule has 2 heterocycles. The van der Waals surface area contributed by atoms with Gasteiger partial charge in [0.25, 0.3) is 0 Å². The van der Waals surface area contributed by atoms with Crippen molar-refractivity contribution in [1.29, 1.82) is 0 Å². The summed E-state index contributed by atoms with van der Waals surface area (Å²) in [6.07, 6.45) is 1.00. The number of likely N-dealkylation sites (N-methyl/N-ethyl adjacent to an activating group) is 1. The Balaban J connectivity index is 2.09. The second-order valence-corrected chi connectivity index (χ2v) is 5.89. The van der Waals surface area contributed by atoms with Crippen LogP contribution in [-0.2, 0) is 6.42 Å². The van der Waals surface area contributed by atoms with Crippen LogP contribution in [-0.4, -0.2) is 7.05 Å². The van der Waals surface area contributed by atoms with Crippen LogP contribution in [0.5, 0.6) is 0 Å². The van der Waals surface area contributed by atoms with Crippen LogP contribution in [0.2, 0.25) is 4.34 Å². The van der Waals surface area contributed by atoms with E-state index in [0.717, 1.165) is 10.8 Å². The van der Waals surface area contributed by atoms with Gasteiger partial charge in [-0.15, -0.1) is 11.3 Å². The van der Waals surface area contributed by atoms with Crippen LogP contribution in [0.3, 0.4) is 0 Å². The Labute approximate surface area is 103 Å². The maximum atomic E-state index is 5.91. The topological polar surface area (TPSA) is 12.0 Å². The van der Waals surface area contributed by atoms with E-state index in [-0.39, 0.29) is 0 Å². The summed E-state index contributed by atoms with van der Waals surface area (Å²) in [5.74, 6) is 0. The van der Waals surface area contributed by atoms with E-state index in [1.807, 2.05) is 13.1 Å². The van der Waals surface area contributed by atoms with Gasteiger partial charge < -0.3 is 5.32 Å². The van der Waals surface area contributed by atoms with Gasteiger partial charge in [0.05, 0.1) is 4.34 Å². The molecule has 0 spiro atoms. The lowest BCUT2D eigenvalue weighted by Gasteiger charge is -2.13. The summed E-state index contributed by atoms with van der Waals surface area (Å²) in [6, 6.07) is 6.62. The van der Waals surface area contributed by atoms with Crippen molar-refractivity contribution in [2.45, 2.75) is 12.5 Å². The van der Waals surface area contributed by atoms with Gasteiger partial charge in [0.2, 0.25) is 0 Å². The van der Waals surface area contributed by atoms with Gasteiger partial charge >= 0.3 is 0 Å². The molecule has 0 aromatic carbocycles. The molecule has 2 aromatic heterocycles. The monoisotopic (exact) mass is 257 g/mol. The Kier molecular flexibility index (Phi) is 3.81. The average molecular weight is 258 g/mol. The molecule has 1 N–H and O–H groups in total. The van der Waals surface area contributed by atoms with Crippen LogP contribution >= 0.6 is 34.3 Å². The van der Waals surface area contributed by atoms with Crippen molar-refractivity contribution in [2.24, 2.45) is 0 Å². The molecular weight excluding hydrogens is 246 g/mol. The Hall–Kier alpha value is -0.350. The lowest BCUT2D eigenvalue weighted by atomic mass is 10.1. The summed E-state index contributed by atoms with van der Waals surface area (Å²) in [7, 11) is 2.00. The van der Waals surface area contributed by atoms with Crippen LogP contribution < -0.4 is 5.32 Å². The van der Waals surface area contributed by atoms with Crippen molar-refractivity contribution in [1.82, 2.24) is 5.32 Å². The van der Waals surface area contributed by atoms with Gasteiger partial charge in [0.1, 0.15) is 0 Å². The first-order valence-electron chi connectivity index (χ1n) is 4.73. The molecule has 15 heavy (non-hydrogen) atoms. The summed E-state index contributed by atoms with van der Waals surface area (Å²) >= 11 is 9.31. The first kappa shape index (κ1) is 11.1. The zero-order valence-electron chi connectivity index (χ0n) is 8.37. The molecule has 0 aliphatic rings. The van der Waals surface area contributed by atoms with Crippen LogP contribution in [0.1, 0.15) is 16.5 Å². The Morgan fingerprint density at radius 2 is 2.27 bits per heavy atom. The first-order valence-corrected chi connectivity index (χ1v) is 6.87. The van der Waals surface area contributed by atoms with Crippen LogP contribution in [0.4, 0.5) is 0 Å². The van der Waals surface area contributed by atoms with Crippen molar-refractivity contribution in [3.05, 3.63) is 43.7 Å². The zero-order valence-corrected chi connectivity index (χ0v) is 10.8. The normalized spacial score (nSPS) is 12.9. The van der Waals surface area contributed by atoms with Crippen molar-refractivity contribution >= 4 is 34.3 Å². The molecule has 0 radical (unpaired) electrons. The fraction of sp³-hybridized carbons (Fsp3) is 0.273. The minimum atomic E-state index is 0.394. The summed E-state index contributed by atoms with van der Waals surface area (Å²) in [5, 5.41) is 7.64. The standard InChI is InChI=1S/C11H12ClNS2/c1-13-10(8-4-5-14-7-8)6-9-2-3-11(12)15-9/h2-5,7,10,13H,6H2,1H3. The fourth-order valence-corrected chi connectivity index (χ4v) is 3.37. The molecule has 80 valence electrons. The highest BCUT2D eigenvalue weighted by atomic mass is 35.5. The van der Waals surface area contributed by atoms with E-state index >= 15 is 0 Å². The minimum Gasteiger partial charge on any atom is -0.313 e. The van der Waals surface area contributed by atoms with E-state index in [9.17, 15) is 0 Å². The number of thiophene rings is 2. The maximum Gasteiger partial charge on any atom is 0.0931 e. The van der Waals surface area contributed by atoms with E-state index < -0.39 is 0 Å². The van der Waals surface area contributed by atoms with Crippen molar-refractivity contribution < 1.29 is 0 Å². The number of nitrogens with one attached hydrogen (secondary N) is 1. The van der Waals surface area contributed by atoms with E-state index in [4.69, 9.17) is 11.6 Å². The molecule has 4 heteroatoms. The van der Waals surface area contributed by atoms with E-state index in [0.29, 0.717) is 6.04 Å². The van der Waals surface area contributed by atoms with Crippen LogP contribution in [0, 0.1) is 0 Å². The largest absolute Gasteiger partial charge is 0.313 e. The Bertz CT molecular complexity index is 408. The smallest absolute Gasteiger partial charge is 0.0931 e. The highest BCUT2D eigenvalue weighted by molar-refractivity contribution is 7.16. The van der Waals surface area contributed by atoms with Gasteiger partial charge in [-0.25, -0.2) is 0 Å². The summed E-state index contributed by atoms with van der Waals surface area (Å²) in [4.78, 5) is 1.32. The predicted octanol–water partition coefficient (Wildman–Crippen LogP) is 3.97. The number of hydrogen-bond donors (Lipinski definition) is 1. The predicted molar refractivity (Wildman–Crippen MR) is 69.2 cm³/mol. The molecule has 0 amide bonds. The molecule has 0 aliphatic heterocycles. The maximum absolute atomic E-state index is 5.91. The molecule has 1 unspecified atom stereocenters. The number of hydrogen-bond acceptors (Lipinski definition) is 3. The summed E-state index contributed by atoms with van der Waals surface area (Å²) < 4.78 is 0.866. The molecule has 0 aliphatic carbocycles. The van der Waals surface area contributed by atoms with Gasteiger partial charge in [-0.2, -0.15) is 11.3 Å². The third-order valence-electron chi connectivity index (χ3n) is 2.33. The molecule has 0 saturated carbocycles. The molecule has 2 rings (SSSR count). The molecule has 1 nitrogen and oxygen atoms in total. The van der Waals surface area contributed by atoms with Crippen molar-refractivity contribution in [3.63, 3.8) is 0 Å². The van der Waals surface area contributed by atoms with Crippen LogP contribution in [0.25, 0.3) is 0 Å². The lowest BCUT2D eigenvalue weighted by molar-refractivity contribution is 0.598. The molecular formula is C11H12ClNS2. The molecule has 0 fully saturated rings. The summed E-state index contributed by atoms with van der Waals surface area (Å²) in [6.45, 7) is 0. The van der Waals surface area contributed by atoms with Crippen molar-refractivity contribution in [2.75, 3.05) is 7.05 Å². The highest BCUT2D eigenvalue weighted by Gasteiger charge is 2.11. The third kappa shape index (κ3) is 2.82. The van der Waals surface area contributed by atoms with Crippen molar-refractivity contribution in [3.8, 4) is 0 Å². The third-order valence-corrected chi connectivity index (χ3v) is 4.28. The first-order chi connectivity index (χ1) is 7.29. The fourth-order valence-electron chi connectivity index (χ4n) is 1.52. The van der Waals surface area contributed by atoms with Gasteiger partial charge in [-0.3, -0.25) is 0 Å². The quantitative estimate of drug-likeness (QED) is 0.874. The lowest BCUT2D eigenvalue weighted by Crippen LogP contribution is -2.17. The van der Waals surface area contributed by atoms with Gasteiger partial charge in [0, 0.05) is 17.3 Å². The second kappa shape index (κ2) is 5.12. The van der Waals surface area contributed by atoms with Gasteiger partial charge in [0.15, 0.2) is 0 Å². The molecule has 2 aromatic rings. The molecule has 0 saturated heterocycles. The molecule has 0 bridgehead atoms. The molecule has 1 atom stereocenters. The average Bonchev–Trinajstić information content (AvgIpc) is 2.85. The minimum absolute atomic E-state index is 0.394. The van der Waals surface area contributed by atoms with Crippen LogP contribution in [0.15, 0.2) is 29.0 Å². The Morgan fingerprint density at radius 3 is 2.80 bits per heavy atom. The van der Waals surface area contributed by atoms with Gasteiger partial charge in [-0.1, -0.05) is 11.6 Å². The SMILES string of the molecule is CNC(Cc1ccc(Cl)s1)c1ccsc1. The van der Waals surface area contributed by atoms with Gasteiger partial charge in [-0.05, 0) is 41.6 Å². The highest BCUT2D eigenvalue weighted by Crippen LogP contribution is 2.27. The Morgan fingerprint density at radius 1 is 1.40 bits per heavy atom. The van der Waals surface area contributed by atoms with E-state index in [2.05, 4.69) is 28.2 Å². The van der Waals surface area contributed by atoms with E-state index in [1.54, 1.807) is 22.7 Å². The summed E-state index contributed by atoms with van der Waals surface area (Å²) in [5.41, 5.74) is 1.35.